The summed E-state index contributed by atoms with van der Waals surface area (Å²) in [7, 11) is 0.665. The lowest BCUT2D eigenvalue weighted by Gasteiger charge is -2.17. The molecule has 112 valence electrons. The average Bonchev–Trinajstić information content (AvgIpc) is 2.46. The van der Waals surface area contributed by atoms with Gasteiger partial charge < -0.3 is 10.1 Å². The number of esters is 1. The molecule has 0 aromatic heterocycles. The van der Waals surface area contributed by atoms with Crippen molar-refractivity contribution in [2.24, 2.45) is 0 Å². The van der Waals surface area contributed by atoms with Crippen molar-refractivity contribution in [3.05, 3.63) is 29.8 Å². The second kappa shape index (κ2) is 6.83. The molecule has 1 N–H and O–H groups in total. The fourth-order valence-corrected chi connectivity index (χ4v) is 2.79. The number of likely N-dealkylation sites (N-methyl/N-ethyl adjacent to an activating group) is 1. The van der Waals surface area contributed by atoms with Crippen LogP contribution in [0.3, 0.4) is 0 Å². The molecule has 0 aliphatic carbocycles. The van der Waals surface area contributed by atoms with Crippen molar-refractivity contribution in [1.82, 2.24) is 9.62 Å². The molecule has 1 aromatic carbocycles. The lowest BCUT2D eigenvalue weighted by atomic mass is 10.1. The highest BCUT2D eigenvalue weighted by atomic mass is 32.2. The Labute approximate surface area is 119 Å². The maximum absolute atomic E-state index is 12.3. The highest BCUT2D eigenvalue weighted by molar-refractivity contribution is 7.89. The topological polar surface area (TPSA) is 75.7 Å². The van der Waals surface area contributed by atoms with Crippen LogP contribution < -0.4 is 5.32 Å². The van der Waals surface area contributed by atoms with Gasteiger partial charge in [-0.15, -0.1) is 0 Å². The first-order valence-electron chi connectivity index (χ1n) is 6.13. The molecule has 1 aromatic rings. The summed E-state index contributed by atoms with van der Waals surface area (Å²) in [5, 5.41) is 3.05. The molecule has 0 heterocycles. The molecule has 1 rings (SSSR count). The van der Waals surface area contributed by atoms with Crippen molar-refractivity contribution in [3.8, 4) is 0 Å². The fraction of sp³-hybridized carbons (Fsp3) is 0.462. The predicted octanol–water partition coefficient (Wildman–Crippen LogP) is 0.760. The molecule has 1 atom stereocenters. The fourth-order valence-electron chi connectivity index (χ4n) is 1.62. The molecule has 0 bridgehead atoms. The Morgan fingerprint density at radius 3 is 2.65 bits per heavy atom. The molecule has 1 unspecified atom stereocenters. The van der Waals surface area contributed by atoms with Crippen LogP contribution in [0.1, 0.15) is 18.5 Å². The summed E-state index contributed by atoms with van der Waals surface area (Å²) >= 11 is 0. The average molecular weight is 300 g/mol. The highest BCUT2D eigenvalue weighted by Gasteiger charge is 2.23. The van der Waals surface area contributed by atoms with Gasteiger partial charge in [0.05, 0.1) is 12.0 Å². The number of rotatable bonds is 6. The van der Waals surface area contributed by atoms with E-state index in [9.17, 15) is 13.2 Å². The van der Waals surface area contributed by atoms with Crippen molar-refractivity contribution in [2.75, 3.05) is 27.7 Å². The Hall–Kier alpha value is -1.44. The molecule has 6 nitrogen and oxygen atoms in total. The molecule has 0 spiro atoms. The molecule has 0 saturated heterocycles. The number of nitrogens with zero attached hydrogens (tertiary/aromatic N) is 1. The summed E-state index contributed by atoms with van der Waals surface area (Å²) in [5.74, 6) is -0.601. The summed E-state index contributed by atoms with van der Waals surface area (Å²) < 4.78 is 30.1. The van der Waals surface area contributed by atoms with E-state index in [1.807, 2.05) is 13.0 Å². The number of ether oxygens (including phenoxy) is 1. The number of benzene rings is 1. The first kappa shape index (κ1) is 16.6. The van der Waals surface area contributed by atoms with Crippen LogP contribution in [0, 0.1) is 0 Å². The molecule has 0 saturated carbocycles. The van der Waals surface area contributed by atoms with Crippen LogP contribution in [0.5, 0.6) is 0 Å². The second-order valence-corrected chi connectivity index (χ2v) is 6.46. The number of methoxy groups -OCH3 is 1. The van der Waals surface area contributed by atoms with Gasteiger partial charge in [-0.05, 0) is 31.7 Å². The van der Waals surface area contributed by atoms with Crippen LogP contribution in [-0.2, 0) is 19.6 Å². The Morgan fingerprint density at radius 1 is 1.45 bits per heavy atom. The van der Waals surface area contributed by atoms with E-state index in [0.29, 0.717) is 0 Å². The third-order valence-corrected chi connectivity index (χ3v) is 4.88. The first-order chi connectivity index (χ1) is 9.32. The van der Waals surface area contributed by atoms with E-state index in [-0.39, 0.29) is 17.5 Å². The molecule has 0 aliphatic rings. The van der Waals surface area contributed by atoms with Crippen LogP contribution in [0.4, 0.5) is 0 Å². The zero-order chi connectivity index (χ0) is 15.3. The van der Waals surface area contributed by atoms with Gasteiger partial charge in [0.15, 0.2) is 0 Å². The van der Waals surface area contributed by atoms with Gasteiger partial charge in [-0.1, -0.05) is 12.1 Å². The van der Waals surface area contributed by atoms with E-state index in [0.717, 1.165) is 9.87 Å². The SMILES string of the molecule is CNC(C)c1cccc(S(=O)(=O)N(C)CC(=O)OC)c1. The quantitative estimate of drug-likeness (QED) is 0.785. The smallest absolute Gasteiger partial charge is 0.321 e. The van der Waals surface area contributed by atoms with E-state index >= 15 is 0 Å². The number of sulfonamides is 1. The van der Waals surface area contributed by atoms with E-state index < -0.39 is 16.0 Å². The van der Waals surface area contributed by atoms with E-state index in [2.05, 4.69) is 10.1 Å². The van der Waals surface area contributed by atoms with Crippen LogP contribution in [0.15, 0.2) is 29.2 Å². The van der Waals surface area contributed by atoms with Crippen molar-refractivity contribution in [2.45, 2.75) is 17.9 Å². The minimum atomic E-state index is -3.70. The van der Waals surface area contributed by atoms with Crippen molar-refractivity contribution >= 4 is 16.0 Å². The number of hydrogen-bond donors (Lipinski definition) is 1. The number of carbonyl (C=O) groups is 1. The Balaban J connectivity index is 3.06. The lowest BCUT2D eigenvalue weighted by Crippen LogP contribution is -2.32. The number of carbonyl (C=O) groups excluding carboxylic acids is 1. The summed E-state index contributed by atoms with van der Waals surface area (Å²) in [6, 6.07) is 6.68. The maximum Gasteiger partial charge on any atom is 0.321 e. The van der Waals surface area contributed by atoms with E-state index in [1.54, 1.807) is 19.2 Å². The van der Waals surface area contributed by atoms with Gasteiger partial charge in [-0.2, -0.15) is 4.31 Å². The Bertz CT molecular complexity index is 571. The number of hydrogen-bond acceptors (Lipinski definition) is 5. The monoisotopic (exact) mass is 300 g/mol. The summed E-state index contributed by atoms with van der Waals surface area (Å²) in [6.45, 7) is 1.62. The first-order valence-corrected chi connectivity index (χ1v) is 7.57. The molecule has 0 fully saturated rings. The van der Waals surface area contributed by atoms with Crippen LogP contribution >= 0.6 is 0 Å². The standard InChI is InChI=1S/C13H20N2O4S/c1-10(14-2)11-6-5-7-12(8-11)20(17,18)15(3)9-13(16)19-4/h5-8,10,14H,9H2,1-4H3. The normalized spacial score (nSPS) is 13.2. The van der Waals surface area contributed by atoms with Gasteiger partial charge >= 0.3 is 5.97 Å². The maximum atomic E-state index is 12.3. The largest absolute Gasteiger partial charge is 0.468 e. The molecule has 20 heavy (non-hydrogen) atoms. The summed E-state index contributed by atoms with van der Waals surface area (Å²) in [5.41, 5.74) is 0.861. The van der Waals surface area contributed by atoms with Gasteiger partial charge in [0, 0.05) is 13.1 Å². The minimum Gasteiger partial charge on any atom is -0.468 e. The van der Waals surface area contributed by atoms with E-state index in [1.165, 1.54) is 20.2 Å². The van der Waals surface area contributed by atoms with Gasteiger partial charge in [0.2, 0.25) is 10.0 Å². The van der Waals surface area contributed by atoms with Crippen molar-refractivity contribution < 1.29 is 17.9 Å². The third-order valence-electron chi connectivity index (χ3n) is 3.08. The van der Waals surface area contributed by atoms with Crippen molar-refractivity contribution in [1.29, 1.82) is 0 Å². The Kier molecular flexibility index (Phi) is 5.67. The molecule has 0 amide bonds. The summed E-state index contributed by atoms with van der Waals surface area (Å²) in [4.78, 5) is 11.3. The third kappa shape index (κ3) is 3.78. The van der Waals surface area contributed by atoms with Crippen molar-refractivity contribution in [3.63, 3.8) is 0 Å². The lowest BCUT2D eigenvalue weighted by molar-refractivity contribution is -0.140. The number of nitrogens with one attached hydrogen (secondary N) is 1. The van der Waals surface area contributed by atoms with Gasteiger partial charge in [-0.25, -0.2) is 8.42 Å². The zero-order valence-corrected chi connectivity index (χ0v) is 12.9. The molecular formula is C13H20N2O4S. The van der Waals surface area contributed by atoms with Crippen LogP contribution in [0.25, 0.3) is 0 Å². The van der Waals surface area contributed by atoms with E-state index in [4.69, 9.17) is 0 Å². The molecule has 7 heteroatoms. The highest BCUT2D eigenvalue weighted by Crippen LogP contribution is 2.19. The molecular weight excluding hydrogens is 280 g/mol. The molecule has 0 aliphatic heterocycles. The van der Waals surface area contributed by atoms with Gasteiger partial charge in [0.25, 0.3) is 0 Å². The predicted molar refractivity (Wildman–Crippen MR) is 75.7 cm³/mol. The second-order valence-electron chi connectivity index (χ2n) is 4.42. The van der Waals surface area contributed by atoms with Gasteiger partial charge in [-0.3, -0.25) is 4.79 Å². The van der Waals surface area contributed by atoms with Crippen LogP contribution in [-0.4, -0.2) is 46.4 Å². The zero-order valence-electron chi connectivity index (χ0n) is 12.1. The minimum absolute atomic E-state index is 0.0380. The molecule has 0 radical (unpaired) electrons. The Morgan fingerprint density at radius 2 is 2.10 bits per heavy atom. The summed E-state index contributed by atoms with van der Waals surface area (Å²) in [6.07, 6.45) is 0. The van der Waals surface area contributed by atoms with Crippen LogP contribution in [0.2, 0.25) is 0 Å². The van der Waals surface area contributed by atoms with Gasteiger partial charge in [0.1, 0.15) is 6.54 Å².